The Balaban J connectivity index is 2.15. The first-order chi connectivity index (χ1) is 8.16. The van der Waals surface area contributed by atoms with E-state index in [2.05, 4.69) is 32.9 Å². The molecule has 2 rings (SSSR count). The lowest BCUT2D eigenvalue weighted by Gasteiger charge is -2.12. The molecule has 0 aliphatic rings. The molecule has 17 heavy (non-hydrogen) atoms. The van der Waals surface area contributed by atoms with Crippen LogP contribution in [0.2, 0.25) is 0 Å². The quantitative estimate of drug-likeness (QED) is 0.762. The zero-order valence-electron chi connectivity index (χ0n) is 10.7. The highest BCUT2D eigenvalue weighted by atomic mass is 16.5. The van der Waals surface area contributed by atoms with Crippen LogP contribution >= 0.6 is 0 Å². The van der Waals surface area contributed by atoms with Crippen molar-refractivity contribution in [3.05, 3.63) is 64.7 Å². The molecule has 0 N–H and O–H groups in total. The third-order valence-corrected chi connectivity index (χ3v) is 2.97. The molecule has 0 heterocycles. The molecule has 0 fully saturated rings. The monoisotopic (exact) mass is 226 g/mol. The van der Waals surface area contributed by atoms with E-state index < -0.39 is 0 Å². The van der Waals surface area contributed by atoms with Gasteiger partial charge < -0.3 is 4.74 Å². The zero-order chi connectivity index (χ0) is 12.3. The first-order valence-electron chi connectivity index (χ1n) is 5.91. The summed E-state index contributed by atoms with van der Waals surface area (Å²) in [5.41, 5.74) is 5.21. The molecule has 0 aliphatic carbocycles. The van der Waals surface area contributed by atoms with Crippen molar-refractivity contribution in [3.63, 3.8) is 0 Å². The summed E-state index contributed by atoms with van der Waals surface area (Å²) in [4.78, 5) is 0. The predicted molar refractivity (Wildman–Crippen MR) is 71.4 cm³/mol. The van der Waals surface area contributed by atoms with E-state index in [4.69, 9.17) is 4.74 Å². The minimum absolute atomic E-state index is 0.641. The fraction of sp³-hybridized carbons (Fsp3) is 0.250. The van der Waals surface area contributed by atoms with Crippen molar-refractivity contribution in [1.82, 2.24) is 0 Å². The summed E-state index contributed by atoms with van der Waals surface area (Å²) in [6, 6.07) is 14.4. The van der Waals surface area contributed by atoms with Gasteiger partial charge in [0.05, 0.1) is 0 Å². The molecule has 0 atom stereocenters. The minimum atomic E-state index is 0.641. The molecular weight excluding hydrogens is 208 g/mol. The van der Waals surface area contributed by atoms with Crippen molar-refractivity contribution in [3.8, 4) is 5.75 Å². The molecule has 0 aromatic heterocycles. The summed E-state index contributed by atoms with van der Waals surface area (Å²) in [5, 5.41) is 0. The van der Waals surface area contributed by atoms with Gasteiger partial charge in [-0.05, 0) is 49.6 Å². The second-order valence-corrected chi connectivity index (χ2v) is 4.48. The predicted octanol–water partition coefficient (Wildman–Crippen LogP) is 4.19. The molecule has 0 radical (unpaired) electrons. The number of ether oxygens (including phenoxy) is 1. The number of aryl methyl sites for hydroxylation is 3. The van der Waals surface area contributed by atoms with Crippen molar-refractivity contribution in [2.24, 2.45) is 0 Å². The van der Waals surface area contributed by atoms with E-state index in [1.54, 1.807) is 0 Å². The van der Waals surface area contributed by atoms with E-state index in [1.165, 1.54) is 22.3 Å². The molecule has 1 nitrogen and oxygen atoms in total. The third-order valence-electron chi connectivity index (χ3n) is 2.97. The Hall–Kier alpha value is -1.76. The fourth-order valence-corrected chi connectivity index (χ4v) is 2.11. The van der Waals surface area contributed by atoms with Crippen molar-refractivity contribution in [2.45, 2.75) is 27.4 Å². The molecule has 0 unspecified atom stereocenters. The van der Waals surface area contributed by atoms with Gasteiger partial charge in [0, 0.05) is 0 Å². The third kappa shape index (κ3) is 2.88. The number of hydrogen-bond donors (Lipinski definition) is 0. The topological polar surface area (TPSA) is 9.23 Å². The van der Waals surface area contributed by atoms with Crippen LogP contribution < -0.4 is 4.74 Å². The first-order valence-corrected chi connectivity index (χ1v) is 5.91. The van der Waals surface area contributed by atoms with Crippen LogP contribution in [0.5, 0.6) is 5.75 Å². The van der Waals surface area contributed by atoms with Gasteiger partial charge in [-0.2, -0.15) is 0 Å². The second-order valence-electron chi connectivity index (χ2n) is 4.48. The molecular formula is C16H18O. The van der Waals surface area contributed by atoms with E-state index >= 15 is 0 Å². The molecule has 0 saturated carbocycles. The highest BCUT2D eigenvalue weighted by Gasteiger charge is 2.04. The maximum absolute atomic E-state index is 5.79. The maximum Gasteiger partial charge on any atom is 0.119 e. The highest BCUT2D eigenvalue weighted by molar-refractivity contribution is 5.37. The van der Waals surface area contributed by atoms with Crippen molar-refractivity contribution >= 4 is 0 Å². The van der Waals surface area contributed by atoms with Crippen molar-refractivity contribution in [1.29, 1.82) is 0 Å². The van der Waals surface area contributed by atoms with Crippen LogP contribution in [0.3, 0.4) is 0 Å². The molecule has 0 spiro atoms. The summed E-state index contributed by atoms with van der Waals surface area (Å²) in [7, 11) is 0. The number of rotatable bonds is 3. The SMILES string of the molecule is Cc1cc(C)c(COc2ccccc2)c(C)c1. The summed E-state index contributed by atoms with van der Waals surface area (Å²) in [6.45, 7) is 7.05. The number of para-hydroxylation sites is 1. The molecule has 0 bridgehead atoms. The summed E-state index contributed by atoms with van der Waals surface area (Å²) in [6.07, 6.45) is 0. The molecule has 0 saturated heterocycles. The van der Waals surface area contributed by atoms with Gasteiger partial charge in [0.15, 0.2) is 0 Å². The standard InChI is InChI=1S/C16H18O/c1-12-9-13(2)16(14(3)10-12)11-17-15-7-5-4-6-8-15/h4-10H,11H2,1-3H3. The van der Waals surface area contributed by atoms with Gasteiger partial charge in [0.1, 0.15) is 12.4 Å². The van der Waals surface area contributed by atoms with Gasteiger partial charge in [-0.15, -0.1) is 0 Å². The summed E-state index contributed by atoms with van der Waals surface area (Å²) < 4.78 is 5.79. The summed E-state index contributed by atoms with van der Waals surface area (Å²) in [5.74, 6) is 0.923. The van der Waals surface area contributed by atoms with Crippen molar-refractivity contribution in [2.75, 3.05) is 0 Å². The van der Waals surface area contributed by atoms with E-state index in [0.29, 0.717) is 6.61 Å². The zero-order valence-corrected chi connectivity index (χ0v) is 10.7. The Morgan fingerprint density at radius 2 is 1.47 bits per heavy atom. The minimum Gasteiger partial charge on any atom is -0.489 e. The first kappa shape index (κ1) is 11.7. The molecule has 0 aliphatic heterocycles. The Labute approximate surface area is 103 Å². The van der Waals surface area contributed by atoms with Crippen LogP contribution in [-0.2, 0) is 6.61 Å². The normalized spacial score (nSPS) is 10.3. The van der Waals surface area contributed by atoms with Crippen LogP contribution in [0.25, 0.3) is 0 Å². The van der Waals surface area contributed by atoms with E-state index in [9.17, 15) is 0 Å². The highest BCUT2D eigenvalue weighted by Crippen LogP contribution is 2.19. The van der Waals surface area contributed by atoms with Crippen LogP contribution in [0.15, 0.2) is 42.5 Å². The lowest BCUT2D eigenvalue weighted by atomic mass is 10.0. The fourth-order valence-electron chi connectivity index (χ4n) is 2.11. The van der Waals surface area contributed by atoms with E-state index in [1.807, 2.05) is 30.3 Å². The lowest BCUT2D eigenvalue weighted by molar-refractivity contribution is 0.304. The molecule has 2 aromatic rings. The molecule has 2 aromatic carbocycles. The van der Waals surface area contributed by atoms with Gasteiger partial charge in [0.2, 0.25) is 0 Å². The average molecular weight is 226 g/mol. The van der Waals surface area contributed by atoms with Gasteiger partial charge >= 0.3 is 0 Å². The number of benzene rings is 2. The largest absolute Gasteiger partial charge is 0.489 e. The van der Waals surface area contributed by atoms with Crippen molar-refractivity contribution < 1.29 is 4.74 Å². The van der Waals surface area contributed by atoms with Gasteiger partial charge in [-0.3, -0.25) is 0 Å². The van der Waals surface area contributed by atoms with E-state index in [0.717, 1.165) is 5.75 Å². The second kappa shape index (κ2) is 5.05. The average Bonchev–Trinajstić information content (AvgIpc) is 2.29. The van der Waals surface area contributed by atoms with Crippen LogP contribution in [0.1, 0.15) is 22.3 Å². The Bertz CT molecular complexity index is 477. The van der Waals surface area contributed by atoms with Crippen LogP contribution in [-0.4, -0.2) is 0 Å². The Morgan fingerprint density at radius 1 is 0.882 bits per heavy atom. The van der Waals surface area contributed by atoms with Crippen LogP contribution in [0, 0.1) is 20.8 Å². The smallest absolute Gasteiger partial charge is 0.119 e. The van der Waals surface area contributed by atoms with Gasteiger partial charge in [0.25, 0.3) is 0 Å². The molecule has 0 amide bonds. The Morgan fingerprint density at radius 3 is 2.06 bits per heavy atom. The number of hydrogen-bond acceptors (Lipinski definition) is 1. The Kier molecular flexibility index (Phi) is 3.48. The molecule has 88 valence electrons. The van der Waals surface area contributed by atoms with Gasteiger partial charge in [-0.25, -0.2) is 0 Å². The lowest BCUT2D eigenvalue weighted by Crippen LogP contribution is -2.01. The maximum atomic E-state index is 5.79. The van der Waals surface area contributed by atoms with Gasteiger partial charge in [-0.1, -0.05) is 35.9 Å². The molecule has 1 heteroatoms. The van der Waals surface area contributed by atoms with E-state index in [-0.39, 0.29) is 0 Å². The summed E-state index contributed by atoms with van der Waals surface area (Å²) >= 11 is 0. The van der Waals surface area contributed by atoms with Crippen LogP contribution in [0.4, 0.5) is 0 Å².